The normalized spacial score (nSPS) is 12.4. The van der Waals surface area contributed by atoms with Crippen LogP contribution >= 0.6 is 0 Å². The minimum absolute atomic E-state index is 0.152. The van der Waals surface area contributed by atoms with Gasteiger partial charge in [0.15, 0.2) is 0 Å². The molecule has 0 bridgehead atoms. The second-order valence-corrected chi connectivity index (χ2v) is 6.54. The highest BCUT2D eigenvalue weighted by Crippen LogP contribution is 2.29. The summed E-state index contributed by atoms with van der Waals surface area (Å²) in [6.45, 7) is 4.95. The first-order valence-electron chi connectivity index (χ1n) is 8.72. The van der Waals surface area contributed by atoms with Crippen LogP contribution in [-0.2, 0) is 13.6 Å². The first-order valence-corrected chi connectivity index (χ1v) is 8.72. The molecule has 1 aromatic carbocycles. The van der Waals surface area contributed by atoms with Crippen LogP contribution in [0.25, 0.3) is 11.4 Å². The Labute approximate surface area is 152 Å². The van der Waals surface area contributed by atoms with E-state index in [1.54, 1.807) is 6.20 Å². The predicted molar refractivity (Wildman–Crippen MR) is 101 cm³/mol. The average molecular weight is 346 g/mol. The molecule has 0 fully saturated rings. The van der Waals surface area contributed by atoms with Crippen LogP contribution in [0.1, 0.15) is 29.8 Å². The molecule has 132 valence electrons. The van der Waals surface area contributed by atoms with Crippen LogP contribution in [0.5, 0.6) is 0 Å². The molecule has 0 saturated carbocycles. The maximum absolute atomic E-state index is 4.67. The SMILES string of the molecule is Cc1nn(C)cc1[C@@H](C)n1ccnc1-c1ccccc1Cn1cccn1. The van der Waals surface area contributed by atoms with Crippen LogP contribution < -0.4 is 0 Å². The van der Waals surface area contributed by atoms with Gasteiger partial charge in [0.1, 0.15) is 5.82 Å². The molecule has 4 rings (SSSR count). The van der Waals surface area contributed by atoms with Crippen LogP contribution in [0.2, 0.25) is 0 Å². The van der Waals surface area contributed by atoms with Crippen molar-refractivity contribution >= 4 is 0 Å². The zero-order valence-corrected chi connectivity index (χ0v) is 15.2. The minimum Gasteiger partial charge on any atom is -0.324 e. The molecular formula is C20H22N6. The van der Waals surface area contributed by atoms with Crippen molar-refractivity contribution in [1.82, 2.24) is 29.1 Å². The minimum atomic E-state index is 0.152. The van der Waals surface area contributed by atoms with Crippen molar-refractivity contribution in [2.24, 2.45) is 7.05 Å². The fraction of sp³-hybridized carbons (Fsp3) is 0.250. The zero-order chi connectivity index (χ0) is 18.1. The van der Waals surface area contributed by atoms with E-state index in [4.69, 9.17) is 0 Å². The van der Waals surface area contributed by atoms with Gasteiger partial charge in [-0.05, 0) is 25.5 Å². The molecule has 6 heteroatoms. The van der Waals surface area contributed by atoms with Crippen molar-refractivity contribution in [3.8, 4) is 11.4 Å². The zero-order valence-electron chi connectivity index (χ0n) is 15.2. The summed E-state index contributed by atoms with van der Waals surface area (Å²) in [6.07, 6.45) is 9.76. The van der Waals surface area contributed by atoms with E-state index in [1.165, 1.54) is 11.1 Å². The molecular weight excluding hydrogens is 324 g/mol. The van der Waals surface area contributed by atoms with Crippen LogP contribution in [0.15, 0.2) is 61.3 Å². The van der Waals surface area contributed by atoms with E-state index in [2.05, 4.69) is 57.1 Å². The molecule has 0 aliphatic carbocycles. The number of aromatic nitrogens is 6. The third kappa shape index (κ3) is 2.94. The Hall–Kier alpha value is -3.15. The number of aryl methyl sites for hydroxylation is 2. The highest BCUT2D eigenvalue weighted by molar-refractivity contribution is 5.61. The molecule has 1 atom stereocenters. The smallest absolute Gasteiger partial charge is 0.140 e. The Morgan fingerprint density at radius 1 is 1.08 bits per heavy atom. The van der Waals surface area contributed by atoms with Gasteiger partial charge in [-0.3, -0.25) is 9.36 Å². The lowest BCUT2D eigenvalue weighted by molar-refractivity contribution is 0.639. The van der Waals surface area contributed by atoms with Gasteiger partial charge < -0.3 is 4.57 Å². The summed E-state index contributed by atoms with van der Waals surface area (Å²) in [7, 11) is 1.96. The average Bonchev–Trinajstić information content (AvgIpc) is 3.36. The quantitative estimate of drug-likeness (QED) is 0.556. The summed E-state index contributed by atoms with van der Waals surface area (Å²) in [6, 6.07) is 10.5. The lowest BCUT2D eigenvalue weighted by Gasteiger charge is -2.18. The summed E-state index contributed by atoms with van der Waals surface area (Å²) in [4.78, 5) is 4.67. The largest absolute Gasteiger partial charge is 0.324 e. The molecule has 0 N–H and O–H groups in total. The number of benzene rings is 1. The van der Waals surface area contributed by atoms with E-state index in [9.17, 15) is 0 Å². The van der Waals surface area contributed by atoms with Crippen molar-refractivity contribution in [1.29, 1.82) is 0 Å². The van der Waals surface area contributed by atoms with Gasteiger partial charge in [0.2, 0.25) is 0 Å². The Kier molecular flexibility index (Phi) is 4.16. The van der Waals surface area contributed by atoms with Crippen molar-refractivity contribution in [3.05, 3.63) is 78.1 Å². The summed E-state index contributed by atoms with van der Waals surface area (Å²) in [5.41, 5.74) is 4.57. The lowest BCUT2D eigenvalue weighted by Crippen LogP contribution is -2.10. The van der Waals surface area contributed by atoms with E-state index in [0.717, 1.165) is 23.6 Å². The van der Waals surface area contributed by atoms with E-state index in [-0.39, 0.29) is 6.04 Å². The maximum Gasteiger partial charge on any atom is 0.140 e. The second-order valence-electron chi connectivity index (χ2n) is 6.54. The van der Waals surface area contributed by atoms with Gasteiger partial charge in [0.25, 0.3) is 0 Å². The van der Waals surface area contributed by atoms with Crippen molar-refractivity contribution in [2.75, 3.05) is 0 Å². The van der Waals surface area contributed by atoms with Gasteiger partial charge in [-0.15, -0.1) is 0 Å². The van der Waals surface area contributed by atoms with E-state index >= 15 is 0 Å². The Balaban J connectivity index is 1.75. The molecule has 3 aromatic heterocycles. The predicted octanol–water partition coefficient (Wildman–Crippen LogP) is 3.45. The first kappa shape index (κ1) is 16.3. The van der Waals surface area contributed by atoms with Gasteiger partial charge in [-0.1, -0.05) is 24.3 Å². The maximum atomic E-state index is 4.67. The Bertz CT molecular complexity index is 1010. The standard InChI is InChI=1S/C20H22N6/c1-15-19(14-24(3)23-15)16(2)26-12-10-21-20(26)18-8-5-4-7-17(18)13-25-11-6-9-22-25/h4-12,14,16H,13H2,1-3H3/t16-/m1/s1. The summed E-state index contributed by atoms with van der Waals surface area (Å²) in [5, 5.41) is 8.82. The third-order valence-corrected chi connectivity index (χ3v) is 4.74. The van der Waals surface area contributed by atoms with Crippen molar-refractivity contribution in [3.63, 3.8) is 0 Å². The fourth-order valence-electron chi connectivity index (χ4n) is 3.46. The number of nitrogens with zero attached hydrogens (tertiary/aromatic N) is 6. The molecule has 0 saturated heterocycles. The highest BCUT2D eigenvalue weighted by atomic mass is 15.3. The molecule has 4 aromatic rings. The van der Waals surface area contributed by atoms with Gasteiger partial charge in [-0.2, -0.15) is 10.2 Å². The fourth-order valence-corrected chi connectivity index (χ4v) is 3.46. The molecule has 0 aliphatic heterocycles. The second kappa shape index (κ2) is 6.63. The molecule has 0 unspecified atom stereocenters. The van der Waals surface area contributed by atoms with Gasteiger partial charge in [0.05, 0.1) is 18.3 Å². The molecule has 6 nitrogen and oxygen atoms in total. The lowest BCUT2D eigenvalue weighted by atomic mass is 10.1. The molecule has 3 heterocycles. The molecule has 0 amide bonds. The summed E-state index contributed by atoms with van der Waals surface area (Å²) in [5.74, 6) is 0.962. The van der Waals surface area contributed by atoms with E-state index in [0.29, 0.717) is 0 Å². The van der Waals surface area contributed by atoms with Crippen LogP contribution in [0.3, 0.4) is 0 Å². The first-order chi connectivity index (χ1) is 12.6. The van der Waals surface area contributed by atoms with Crippen LogP contribution in [-0.4, -0.2) is 29.1 Å². The number of rotatable bonds is 5. The van der Waals surface area contributed by atoms with Crippen molar-refractivity contribution < 1.29 is 0 Å². The van der Waals surface area contributed by atoms with Gasteiger partial charge in [-0.25, -0.2) is 4.98 Å². The van der Waals surface area contributed by atoms with Crippen LogP contribution in [0, 0.1) is 6.92 Å². The summed E-state index contributed by atoms with van der Waals surface area (Å²) >= 11 is 0. The topological polar surface area (TPSA) is 53.5 Å². The molecule has 0 aliphatic rings. The van der Waals surface area contributed by atoms with E-state index in [1.807, 2.05) is 48.0 Å². The number of hydrogen-bond acceptors (Lipinski definition) is 3. The van der Waals surface area contributed by atoms with E-state index < -0.39 is 0 Å². The number of imidazole rings is 1. The molecule has 0 radical (unpaired) electrons. The molecule has 0 spiro atoms. The molecule has 26 heavy (non-hydrogen) atoms. The van der Waals surface area contributed by atoms with Gasteiger partial charge >= 0.3 is 0 Å². The highest BCUT2D eigenvalue weighted by Gasteiger charge is 2.18. The van der Waals surface area contributed by atoms with Crippen LogP contribution in [0.4, 0.5) is 0 Å². The van der Waals surface area contributed by atoms with Gasteiger partial charge in [0, 0.05) is 49.2 Å². The van der Waals surface area contributed by atoms with Crippen molar-refractivity contribution in [2.45, 2.75) is 26.4 Å². The Morgan fingerprint density at radius 2 is 1.92 bits per heavy atom. The summed E-state index contributed by atoms with van der Waals surface area (Å²) < 4.78 is 6.01. The number of hydrogen-bond donors (Lipinski definition) is 0. The Morgan fingerprint density at radius 3 is 2.65 bits per heavy atom. The monoisotopic (exact) mass is 346 g/mol. The third-order valence-electron chi connectivity index (χ3n) is 4.74.